The Morgan fingerprint density at radius 2 is 2.31 bits per heavy atom. The van der Waals surface area contributed by atoms with Gasteiger partial charge in [-0.05, 0) is 40.0 Å². The monoisotopic (exact) mass is 262 g/mol. The summed E-state index contributed by atoms with van der Waals surface area (Å²) < 4.78 is 0.903. The van der Waals surface area contributed by atoms with E-state index in [2.05, 4.69) is 28.3 Å². The molecule has 0 radical (unpaired) electrons. The zero-order valence-corrected chi connectivity index (χ0v) is 9.69. The van der Waals surface area contributed by atoms with Crippen LogP contribution in [-0.2, 0) is 0 Å². The van der Waals surface area contributed by atoms with Crippen LogP contribution in [0.1, 0.15) is 24.9 Å². The lowest BCUT2D eigenvalue weighted by Crippen LogP contribution is -2.27. The summed E-state index contributed by atoms with van der Waals surface area (Å²) in [5, 5.41) is 0.718. The quantitative estimate of drug-likeness (QED) is 0.650. The Hall–Kier alpha value is -0.0900. The minimum absolute atomic E-state index is 0.188. The summed E-state index contributed by atoms with van der Waals surface area (Å²) in [4.78, 5) is 0. The van der Waals surface area contributed by atoms with Crippen molar-refractivity contribution >= 4 is 27.5 Å². The third-order valence-corrected chi connectivity index (χ3v) is 3.17. The molecule has 72 valence electrons. The predicted octanol–water partition coefficient (Wildman–Crippen LogP) is 3.02. The number of benzene rings is 1. The molecule has 1 atom stereocenters. The first-order valence-electron chi connectivity index (χ1n) is 4.10. The van der Waals surface area contributed by atoms with E-state index in [9.17, 15) is 0 Å². The van der Waals surface area contributed by atoms with Crippen LogP contribution in [0.2, 0.25) is 5.02 Å². The van der Waals surface area contributed by atoms with Crippen molar-refractivity contribution in [2.75, 3.05) is 0 Å². The highest BCUT2D eigenvalue weighted by Gasteiger charge is 2.07. The van der Waals surface area contributed by atoms with Gasteiger partial charge in [0.05, 0.1) is 5.02 Å². The van der Waals surface area contributed by atoms with Gasteiger partial charge < -0.3 is 0 Å². The molecular weight excluding hydrogens is 251 g/mol. The molecule has 0 fully saturated rings. The third kappa shape index (κ3) is 2.68. The molecule has 1 rings (SSSR count). The van der Waals surface area contributed by atoms with E-state index in [1.165, 1.54) is 0 Å². The van der Waals surface area contributed by atoms with Crippen LogP contribution in [0.4, 0.5) is 0 Å². The minimum Gasteiger partial charge on any atom is -0.271 e. The molecule has 4 heteroatoms. The molecule has 0 saturated carbocycles. The molecule has 0 saturated heterocycles. The molecule has 0 heterocycles. The number of hydrogen-bond acceptors (Lipinski definition) is 2. The topological polar surface area (TPSA) is 38.0 Å². The van der Waals surface area contributed by atoms with Gasteiger partial charge in [0.2, 0.25) is 0 Å². The van der Waals surface area contributed by atoms with Crippen LogP contribution in [0, 0.1) is 0 Å². The molecule has 0 aliphatic carbocycles. The van der Waals surface area contributed by atoms with Crippen LogP contribution in [0.3, 0.4) is 0 Å². The number of rotatable bonds is 3. The van der Waals surface area contributed by atoms with Gasteiger partial charge in [-0.15, -0.1) is 0 Å². The first kappa shape index (κ1) is 11.0. The SMILES string of the molecule is CCC(NN)c1ccc(Cl)c(Br)c1. The second-order valence-electron chi connectivity index (χ2n) is 2.80. The van der Waals surface area contributed by atoms with E-state index >= 15 is 0 Å². The molecule has 0 aromatic heterocycles. The second kappa shape index (κ2) is 4.96. The Morgan fingerprint density at radius 1 is 1.62 bits per heavy atom. The summed E-state index contributed by atoms with van der Waals surface area (Å²) in [6.45, 7) is 2.08. The molecule has 1 unspecified atom stereocenters. The minimum atomic E-state index is 0.188. The van der Waals surface area contributed by atoms with Crippen molar-refractivity contribution in [2.45, 2.75) is 19.4 Å². The van der Waals surface area contributed by atoms with Gasteiger partial charge in [0, 0.05) is 10.5 Å². The highest BCUT2D eigenvalue weighted by atomic mass is 79.9. The number of nitrogens with one attached hydrogen (secondary N) is 1. The fraction of sp³-hybridized carbons (Fsp3) is 0.333. The number of hydrazine groups is 1. The average molecular weight is 264 g/mol. The Morgan fingerprint density at radius 3 is 2.77 bits per heavy atom. The molecule has 0 amide bonds. The molecule has 2 nitrogen and oxygen atoms in total. The zero-order chi connectivity index (χ0) is 9.84. The zero-order valence-electron chi connectivity index (χ0n) is 7.35. The Kier molecular flexibility index (Phi) is 4.19. The molecule has 0 spiro atoms. The van der Waals surface area contributed by atoms with Gasteiger partial charge in [-0.3, -0.25) is 11.3 Å². The van der Waals surface area contributed by atoms with E-state index in [1.54, 1.807) is 0 Å². The van der Waals surface area contributed by atoms with Crippen LogP contribution in [-0.4, -0.2) is 0 Å². The molecule has 1 aromatic rings. The Bertz CT molecular complexity index is 287. The summed E-state index contributed by atoms with van der Waals surface area (Å²) in [7, 11) is 0. The van der Waals surface area contributed by atoms with E-state index in [-0.39, 0.29) is 6.04 Å². The number of halogens is 2. The van der Waals surface area contributed by atoms with Crippen molar-refractivity contribution in [3.8, 4) is 0 Å². The lowest BCUT2D eigenvalue weighted by atomic mass is 10.1. The van der Waals surface area contributed by atoms with Crippen LogP contribution in [0.25, 0.3) is 0 Å². The number of nitrogens with two attached hydrogens (primary N) is 1. The lowest BCUT2D eigenvalue weighted by molar-refractivity contribution is 0.539. The summed E-state index contributed by atoms with van der Waals surface area (Å²) in [5.74, 6) is 5.41. The van der Waals surface area contributed by atoms with Crippen LogP contribution in [0.15, 0.2) is 22.7 Å². The fourth-order valence-corrected chi connectivity index (χ4v) is 1.69. The predicted molar refractivity (Wildman–Crippen MR) is 59.5 cm³/mol. The molecule has 0 bridgehead atoms. The van der Waals surface area contributed by atoms with Crippen LogP contribution >= 0.6 is 27.5 Å². The molecule has 1 aromatic carbocycles. The average Bonchev–Trinajstić information content (AvgIpc) is 2.13. The van der Waals surface area contributed by atoms with Gasteiger partial charge >= 0.3 is 0 Å². The summed E-state index contributed by atoms with van der Waals surface area (Å²) >= 11 is 9.25. The molecule has 3 N–H and O–H groups in total. The van der Waals surface area contributed by atoms with Gasteiger partial charge in [-0.1, -0.05) is 24.6 Å². The molecular formula is C9H12BrClN2. The summed E-state index contributed by atoms with van der Waals surface area (Å²) in [6, 6.07) is 6.01. The van der Waals surface area contributed by atoms with Crippen molar-refractivity contribution < 1.29 is 0 Å². The van der Waals surface area contributed by atoms with E-state index in [1.807, 2.05) is 18.2 Å². The lowest BCUT2D eigenvalue weighted by Gasteiger charge is -2.14. The largest absolute Gasteiger partial charge is 0.271 e. The molecule has 13 heavy (non-hydrogen) atoms. The van der Waals surface area contributed by atoms with Crippen molar-refractivity contribution in [3.63, 3.8) is 0 Å². The van der Waals surface area contributed by atoms with E-state index in [0.29, 0.717) is 0 Å². The van der Waals surface area contributed by atoms with Gasteiger partial charge in [0.25, 0.3) is 0 Å². The number of hydrogen-bond donors (Lipinski definition) is 2. The molecule has 0 aliphatic heterocycles. The molecule has 0 aliphatic rings. The van der Waals surface area contributed by atoms with Gasteiger partial charge in [0.1, 0.15) is 0 Å². The Balaban J connectivity index is 2.95. The van der Waals surface area contributed by atoms with Gasteiger partial charge in [-0.25, -0.2) is 0 Å². The first-order chi connectivity index (χ1) is 6.19. The van der Waals surface area contributed by atoms with Crippen LogP contribution < -0.4 is 11.3 Å². The van der Waals surface area contributed by atoms with Crippen molar-refractivity contribution in [2.24, 2.45) is 5.84 Å². The normalized spacial score (nSPS) is 12.9. The standard InChI is InChI=1S/C9H12BrClN2/c1-2-9(13-12)6-3-4-8(11)7(10)5-6/h3-5,9,13H,2,12H2,1H3. The maximum Gasteiger partial charge on any atom is 0.0548 e. The van der Waals surface area contributed by atoms with E-state index in [0.717, 1.165) is 21.5 Å². The summed E-state index contributed by atoms with van der Waals surface area (Å²) in [6.07, 6.45) is 0.949. The maximum atomic E-state index is 5.87. The maximum absolute atomic E-state index is 5.87. The van der Waals surface area contributed by atoms with Crippen LogP contribution in [0.5, 0.6) is 0 Å². The summed E-state index contributed by atoms with van der Waals surface area (Å²) in [5.41, 5.74) is 3.89. The first-order valence-corrected chi connectivity index (χ1v) is 5.27. The second-order valence-corrected chi connectivity index (χ2v) is 4.06. The van der Waals surface area contributed by atoms with Crippen molar-refractivity contribution in [3.05, 3.63) is 33.3 Å². The smallest absolute Gasteiger partial charge is 0.0548 e. The van der Waals surface area contributed by atoms with Gasteiger partial charge in [-0.2, -0.15) is 0 Å². The fourth-order valence-electron chi connectivity index (χ4n) is 1.18. The third-order valence-electron chi connectivity index (χ3n) is 1.96. The Labute approximate surface area is 91.6 Å². The van der Waals surface area contributed by atoms with E-state index in [4.69, 9.17) is 17.4 Å². The highest BCUT2D eigenvalue weighted by Crippen LogP contribution is 2.26. The highest BCUT2D eigenvalue weighted by molar-refractivity contribution is 9.10. The van der Waals surface area contributed by atoms with Crippen molar-refractivity contribution in [1.29, 1.82) is 0 Å². The van der Waals surface area contributed by atoms with E-state index < -0.39 is 0 Å². The van der Waals surface area contributed by atoms with Crippen molar-refractivity contribution in [1.82, 2.24) is 5.43 Å². The van der Waals surface area contributed by atoms with Gasteiger partial charge in [0.15, 0.2) is 0 Å².